The molecule has 0 aliphatic carbocycles. The first-order valence-electron chi connectivity index (χ1n) is 9.29. The third-order valence-electron chi connectivity index (χ3n) is 4.29. The number of H-pyrrole nitrogens is 1. The molecule has 0 amide bonds. The van der Waals surface area contributed by atoms with Crippen LogP contribution in [0.25, 0.3) is 0 Å². The Morgan fingerprint density at radius 1 is 1.13 bits per heavy atom. The predicted octanol–water partition coefficient (Wildman–Crippen LogP) is 4.46. The molecule has 0 saturated carbocycles. The predicted molar refractivity (Wildman–Crippen MR) is 134 cm³/mol. The van der Waals surface area contributed by atoms with Crippen LogP contribution in [0.1, 0.15) is 34.2 Å². The van der Waals surface area contributed by atoms with Gasteiger partial charge in [0.25, 0.3) is 5.56 Å². The van der Waals surface area contributed by atoms with Crippen molar-refractivity contribution in [3.8, 4) is 0 Å². The second-order valence-electron chi connectivity index (χ2n) is 7.02. The summed E-state index contributed by atoms with van der Waals surface area (Å²) in [7, 11) is 4.05. The number of hydrogen-bond acceptors (Lipinski definition) is 6. The van der Waals surface area contributed by atoms with Crippen LogP contribution < -0.4 is 5.56 Å². The van der Waals surface area contributed by atoms with Gasteiger partial charge in [0.05, 0.1) is 12.3 Å². The quantitative estimate of drug-likeness (QED) is 0.431. The molecule has 0 bridgehead atoms. The van der Waals surface area contributed by atoms with Crippen molar-refractivity contribution in [2.45, 2.75) is 32.1 Å². The van der Waals surface area contributed by atoms with E-state index in [4.69, 9.17) is 4.42 Å². The topological polar surface area (TPSA) is 75.0 Å². The van der Waals surface area contributed by atoms with Crippen LogP contribution >= 0.6 is 49.0 Å². The van der Waals surface area contributed by atoms with Gasteiger partial charge in [0.15, 0.2) is 0 Å². The Hall–Kier alpha value is -1.51. The molecule has 3 aromatic rings. The van der Waals surface area contributed by atoms with Crippen LogP contribution in [0.5, 0.6) is 0 Å². The first-order chi connectivity index (χ1) is 13.5. The number of nitrogens with one attached hydrogen (secondary N) is 1. The number of pyridine rings is 1. The van der Waals surface area contributed by atoms with Crippen LogP contribution in [0, 0.1) is 6.92 Å². The van der Waals surface area contributed by atoms with E-state index in [9.17, 15) is 4.79 Å². The van der Waals surface area contributed by atoms with Crippen molar-refractivity contribution in [3.63, 3.8) is 0 Å². The highest BCUT2D eigenvalue weighted by Gasteiger charge is 2.10. The molecule has 0 aliphatic rings. The van der Waals surface area contributed by atoms with Gasteiger partial charge in [-0.3, -0.25) is 9.78 Å². The van der Waals surface area contributed by atoms with Crippen LogP contribution in [-0.2, 0) is 25.1 Å². The Labute approximate surface area is 205 Å². The molecular formula is C21H29Cl3N4O2S. The molecule has 0 saturated heterocycles. The summed E-state index contributed by atoms with van der Waals surface area (Å²) >= 11 is 1.77. The highest BCUT2D eigenvalue weighted by Crippen LogP contribution is 2.17. The molecule has 10 heteroatoms. The molecule has 3 rings (SSSR count). The molecule has 0 aliphatic heterocycles. The average Bonchev–Trinajstić information content (AvgIpc) is 3.09. The summed E-state index contributed by atoms with van der Waals surface area (Å²) < 4.78 is 5.82. The Bertz CT molecular complexity index is 965. The molecule has 0 radical (unpaired) electrons. The number of thioether (sulfide) groups is 1. The van der Waals surface area contributed by atoms with Gasteiger partial charge in [-0.25, -0.2) is 4.98 Å². The SMILES string of the molecule is Cc1nc(CCSCc2ccc(CN(C)C)o2)[nH]c(=O)c1Cc1cccnc1.Cl.Cl.Cl. The van der Waals surface area contributed by atoms with Crippen molar-refractivity contribution >= 4 is 49.0 Å². The van der Waals surface area contributed by atoms with Gasteiger partial charge in [0.2, 0.25) is 0 Å². The van der Waals surface area contributed by atoms with Crippen LogP contribution in [0.4, 0.5) is 0 Å². The second-order valence-corrected chi connectivity index (χ2v) is 8.13. The molecule has 1 N–H and O–H groups in total. The molecule has 0 atom stereocenters. The number of nitrogens with zero attached hydrogens (tertiary/aromatic N) is 3. The van der Waals surface area contributed by atoms with E-state index in [1.165, 1.54) is 0 Å². The summed E-state index contributed by atoms with van der Waals surface area (Å²) in [4.78, 5) is 26.2. The summed E-state index contributed by atoms with van der Waals surface area (Å²) in [6, 6.07) is 7.90. The molecule has 172 valence electrons. The van der Waals surface area contributed by atoms with Crippen LogP contribution in [0.2, 0.25) is 0 Å². The third kappa shape index (κ3) is 9.25. The molecule has 31 heavy (non-hydrogen) atoms. The zero-order chi connectivity index (χ0) is 19.9. The molecule has 3 heterocycles. The fourth-order valence-corrected chi connectivity index (χ4v) is 3.78. The molecule has 0 unspecified atom stereocenters. The lowest BCUT2D eigenvalue weighted by Gasteiger charge is -2.07. The van der Waals surface area contributed by atoms with Crippen molar-refractivity contribution in [2.75, 3.05) is 19.8 Å². The molecule has 0 spiro atoms. The van der Waals surface area contributed by atoms with Crippen molar-refractivity contribution in [1.29, 1.82) is 0 Å². The van der Waals surface area contributed by atoms with Gasteiger partial charge in [-0.1, -0.05) is 6.07 Å². The summed E-state index contributed by atoms with van der Waals surface area (Å²) in [5, 5.41) is 0. The van der Waals surface area contributed by atoms with E-state index in [1.54, 1.807) is 24.2 Å². The first kappa shape index (κ1) is 29.5. The van der Waals surface area contributed by atoms with Crippen molar-refractivity contribution in [3.05, 3.63) is 81.2 Å². The summed E-state index contributed by atoms with van der Waals surface area (Å²) in [6.45, 7) is 2.70. The summed E-state index contributed by atoms with van der Waals surface area (Å²) in [5.41, 5.74) is 2.43. The van der Waals surface area contributed by atoms with Gasteiger partial charge in [-0.15, -0.1) is 37.2 Å². The first-order valence-corrected chi connectivity index (χ1v) is 10.4. The summed E-state index contributed by atoms with van der Waals surface area (Å²) in [5.74, 6) is 4.37. The minimum Gasteiger partial charge on any atom is -0.464 e. The Balaban J connectivity index is 0.00000300. The number of halogens is 3. The maximum Gasteiger partial charge on any atom is 0.254 e. The second kappa shape index (κ2) is 14.5. The minimum atomic E-state index is -0.0595. The maximum atomic E-state index is 12.5. The van der Waals surface area contributed by atoms with Crippen LogP contribution in [-0.4, -0.2) is 39.7 Å². The molecule has 6 nitrogen and oxygen atoms in total. The zero-order valence-corrected chi connectivity index (χ0v) is 21.1. The van der Waals surface area contributed by atoms with E-state index < -0.39 is 0 Å². The van der Waals surface area contributed by atoms with Crippen molar-refractivity contribution < 1.29 is 4.42 Å². The number of aromatic nitrogens is 3. The Morgan fingerprint density at radius 2 is 1.87 bits per heavy atom. The minimum absolute atomic E-state index is 0. The monoisotopic (exact) mass is 506 g/mol. The Morgan fingerprint density at radius 3 is 2.52 bits per heavy atom. The molecule has 0 fully saturated rings. The van der Waals surface area contributed by atoms with Crippen molar-refractivity contribution in [2.24, 2.45) is 0 Å². The van der Waals surface area contributed by atoms with Crippen LogP contribution in [0.3, 0.4) is 0 Å². The van der Waals surface area contributed by atoms with E-state index in [0.29, 0.717) is 12.0 Å². The van der Waals surface area contributed by atoms with E-state index in [-0.39, 0.29) is 42.8 Å². The number of hydrogen-bond donors (Lipinski definition) is 1. The summed E-state index contributed by atoms with van der Waals surface area (Å²) in [6.07, 6.45) is 4.78. The van der Waals surface area contributed by atoms with Crippen LogP contribution in [0.15, 0.2) is 45.9 Å². The van der Waals surface area contributed by atoms with Crippen molar-refractivity contribution in [1.82, 2.24) is 19.9 Å². The van der Waals surface area contributed by atoms with E-state index in [0.717, 1.165) is 53.1 Å². The van der Waals surface area contributed by atoms with Gasteiger partial charge in [0, 0.05) is 42.2 Å². The molecular weight excluding hydrogens is 479 g/mol. The van der Waals surface area contributed by atoms with E-state index in [2.05, 4.69) is 19.9 Å². The Kier molecular flexibility index (Phi) is 13.8. The number of aromatic amines is 1. The third-order valence-corrected chi connectivity index (χ3v) is 5.27. The van der Waals surface area contributed by atoms with Gasteiger partial charge >= 0.3 is 0 Å². The van der Waals surface area contributed by atoms with Gasteiger partial charge in [-0.05, 0) is 44.8 Å². The number of furan rings is 1. The van der Waals surface area contributed by atoms with E-state index >= 15 is 0 Å². The molecule has 0 aromatic carbocycles. The molecule has 3 aromatic heterocycles. The normalized spacial score (nSPS) is 10.2. The zero-order valence-electron chi connectivity index (χ0n) is 17.8. The van der Waals surface area contributed by atoms with Gasteiger partial charge in [-0.2, -0.15) is 11.8 Å². The fraction of sp³-hybridized carbons (Fsp3) is 0.381. The lowest BCUT2D eigenvalue weighted by atomic mass is 10.1. The van der Waals surface area contributed by atoms with E-state index in [1.807, 2.05) is 45.3 Å². The number of aryl methyl sites for hydroxylation is 2. The van der Waals surface area contributed by atoms with Gasteiger partial charge < -0.3 is 14.3 Å². The number of rotatable bonds is 9. The maximum absolute atomic E-state index is 12.5. The highest BCUT2D eigenvalue weighted by atomic mass is 35.5. The standard InChI is InChI=1S/C21H26N4O2S.3ClH/c1-15-19(11-16-5-4-9-22-12-16)21(26)24-20(23-15)8-10-28-14-18-7-6-17(27-18)13-25(2)3;;;/h4-7,9,12H,8,10-11,13-14H2,1-3H3,(H,23,24,26);3*1H. The lowest BCUT2D eigenvalue weighted by molar-refractivity contribution is 0.344. The highest BCUT2D eigenvalue weighted by molar-refractivity contribution is 7.98. The largest absolute Gasteiger partial charge is 0.464 e. The lowest BCUT2D eigenvalue weighted by Crippen LogP contribution is -2.19. The van der Waals surface area contributed by atoms with Gasteiger partial charge in [0.1, 0.15) is 17.3 Å². The fourth-order valence-electron chi connectivity index (χ4n) is 2.94. The smallest absolute Gasteiger partial charge is 0.254 e. The average molecular weight is 508 g/mol.